The van der Waals surface area contributed by atoms with E-state index in [4.69, 9.17) is 5.11 Å². The number of rotatable bonds is 6. The first-order valence-corrected chi connectivity index (χ1v) is 7.38. The zero-order chi connectivity index (χ0) is 16.8. The summed E-state index contributed by atoms with van der Waals surface area (Å²) in [6.07, 6.45) is 3.63. The monoisotopic (exact) mass is 316 g/mol. The third kappa shape index (κ3) is 4.57. The Labute approximate surface area is 134 Å². The van der Waals surface area contributed by atoms with E-state index < -0.39 is 5.97 Å². The summed E-state index contributed by atoms with van der Waals surface area (Å²) in [5.41, 5.74) is 1.99. The first-order valence-electron chi connectivity index (χ1n) is 7.38. The third-order valence-corrected chi connectivity index (χ3v) is 3.48. The molecule has 0 radical (unpaired) electrons. The summed E-state index contributed by atoms with van der Waals surface area (Å²) in [4.78, 5) is 22.7. The van der Waals surface area contributed by atoms with Crippen molar-refractivity contribution in [3.63, 3.8) is 0 Å². The molecule has 1 aromatic carbocycles. The van der Waals surface area contributed by atoms with Crippen LogP contribution in [0.5, 0.6) is 0 Å². The van der Waals surface area contributed by atoms with Crippen molar-refractivity contribution < 1.29 is 14.7 Å². The van der Waals surface area contributed by atoms with Crippen LogP contribution in [0.4, 0.5) is 4.79 Å². The maximum atomic E-state index is 11.9. The average Bonchev–Trinajstić information content (AvgIpc) is 3.02. The van der Waals surface area contributed by atoms with E-state index in [1.807, 2.05) is 20.0 Å². The summed E-state index contributed by atoms with van der Waals surface area (Å²) in [6, 6.07) is 5.95. The molecule has 1 aromatic heterocycles. The van der Waals surface area contributed by atoms with E-state index in [1.54, 1.807) is 23.0 Å². The van der Waals surface area contributed by atoms with Crippen molar-refractivity contribution in [2.45, 2.75) is 33.0 Å². The van der Waals surface area contributed by atoms with Crippen molar-refractivity contribution in [3.8, 4) is 0 Å². The average molecular weight is 316 g/mol. The van der Waals surface area contributed by atoms with E-state index in [-0.39, 0.29) is 17.6 Å². The lowest BCUT2D eigenvalue weighted by atomic mass is 10.1. The normalized spacial score (nSPS) is 11.7. The van der Waals surface area contributed by atoms with Gasteiger partial charge in [0.05, 0.1) is 17.8 Å². The van der Waals surface area contributed by atoms with Gasteiger partial charge in [0.25, 0.3) is 0 Å². The first kappa shape index (κ1) is 16.5. The molecule has 0 saturated carbocycles. The van der Waals surface area contributed by atoms with Crippen molar-refractivity contribution in [2.75, 3.05) is 0 Å². The molecule has 3 N–H and O–H groups in total. The number of urea groups is 1. The topological polar surface area (TPSA) is 96.2 Å². The second kappa shape index (κ2) is 7.44. The van der Waals surface area contributed by atoms with Gasteiger partial charge in [-0.25, -0.2) is 9.59 Å². The van der Waals surface area contributed by atoms with Gasteiger partial charge >= 0.3 is 12.0 Å². The van der Waals surface area contributed by atoms with E-state index >= 15 is 0 Å². The number of nitrogens with zero attached hydrogens (tertiary/aromatic N) is 2. The van der Waals surface area contributed by atoms with E-state index in [9.17, 15) is 9.59 Å². The molecule has 0 aliphatic carbocycles. The number of nitrogens with one attached hydrogen (secondary N) is 2. The van der Waals surface area contributed by atoms with Crippen molar-refractivity contribution >= 4 is 12.0 Å². The smallest absolute Gasteiger partial charge is 0.335 e. The number of carboxylic acids is 1. The molecule has 7 nitrogen and oxygen atoms in total. The van der Waals surface area contributed by atoms with Gasteiger partial charge in [-0.05, 0) is 31.5 Å². The number of aromatic carboxylic acids is 1. The van der Waals surface area contributed by atoms with E-state index in [2.05, 4.69) is 15.7 Å². The van der Waals surface area contributed by atoms with Crippen molar-refractivity contribution in [2.24, 2.45) is 0 Å². The lowest BCUT2D eigenvalue weighted by molar-refractivity contribution is 0.0697. The molecular weight excluding hydrogens is 296 g/mol. The summed E-state index contributed by atoms with van der Waals surface area (Å²) >= 11 is 0. The summed E-state index contributed by atoms with van der Waals surface area (Å²) < 4.78 is 1.80. The van der Waals surface area contributed by atoms with Crippen molar-refractivity contribution in [3.05, 3.63) is 53.3 Å². The van der Waals surface area contributed by atoms with Crippen LogP contribution in [0.15, 0.2) is 36.7 Å². The van der Waals surface area contributed by atoms with Gasteiger partial charge in [-0.1, -0.05) is 12.1 Å². The van der Waals surface area contributed by atoms with Gasteiger partial charge in [0.15, 0.2) is 0 Å². The SMILES string of the molecule is CCn1cc(C(C)NC(=O)NCc2ccc(C(=O)O)cc2)cn1. The van der Waals surface area contributed by atoms with Crippen LogP contribution in [0.1, 0.15) is 41.4 Å². The van der Waals surface area contributed by atoms with Crippen LogP contribution in [-0.2, 0) is 13.1 Å². The number of benzene rings is 1. The lowest BCUT2D eigenvalue weighted by Gasteiger charge is -2.13. The Morgan fingerprint density at radius 1 is 1.30 bits per heavy atom. The molecule has 0 bridgehead atoms. The zero-order valence-corrected chi connectivity index (χ0v) is 13.1. The second-order valence-corrected chi connectivity index (χ2v) is 5.18. The molecule has 0 spiro atoms. The Hall–Kier alpha value is -2.83. The molecule has 23 heavy (non-hydrogen) atoms. The minimum Gasteiger partial charge on any atom is -0.478 e. The molecule has 122 valence electrons. The number of carboxylic acid groups (broad SMARTS) is 1. The Balaban J connectivity index is 1.83. The van der Waals surface area contributed by atoms with Crippen LogP contribution in [-0.4, -0.2) is 26.9 Å². The fourth-order valence-electron chi connectivity index (χ4n) is 2.05. The summed E-state index contributed by atoms with van der Waals surface area (Å²) in [7, 11) is 0. The highest BCUT2D eigenvalue weighted by Crippen LogP contribution is 2.10. The molecule has 7 heteroatoms. The largest absolute Gasteiger partial charge is 0.478 e. The second-order valence-electron chi connectivity index (χ2n) is 5.18. The van der Waals surface area contributed by atoms with E-state index in [0.717, 1.165) is 17.7 Å². The van der Waals surface area contributed by atoms with Crippen LogP contribution in [0.25, 0.3) is 0 Å². The molecule has 1 atom stereocenters. The molecule has 0 aliphatic heterocycles. The van der Waals surface area contributed by atoms with Crippen LogP contribution in [0.2, 0.25) is 0 Å². The van der Waals surface area contributed by atoms with Crippen molar-refractivity contribution in [1.29, 1.82) is 0 Å². The number of hydrogen-bond acceptors (Lipinski definition) is 3. The number of hydrogen-bond donors (Lipinski definition) is 3. The van der Waals surface area contributed by atoms with Crippen LogP contribution < -0.4 is 10.6 Å². The molecule has 1 heterocycles. The Morgan fingerprint density at radius 3 is 2.57 bits per heavy atom. The summed E-state index contributed by atoms with van der Waals surface area (Å²) in [5, 5.41) is 18.6. The minimum absolute atomic E-state index is 0.148. The first-order chi connectivity index (χ1) is 11.0. The predicted octanol–water partition coefficient (Wildman–Crippen LogP) is 2.16. The van der Waals surface area contributed by atoms with Gasteiger partial charge in [-0.2, -0.15) is 5.10 Å². The van der Waals surface area contributed by atoms with Crippen LogP contribution in [0, 0.1) is 0 Å². The third-order valence-electron chi connectivity index (χ3n) is 3.48. The highest BCUT2D eigenvalue weighted by molar-refractivity contribution is 5.87. The number of amides is 2. The van der Waals surface area contributed by atoms with Gasteiger partial charge in [-0.15, -0.1) is 0 Å². The van der Waals surface area contributed by atoms with Gasteiger partial charge in [0, 0.05) is 24.8 Å². The number of carbonyl (C=O) groups is 2. The van der Waals surface area contributed by atoms with Gasteiger partial charge in [-0.3, -0.25) is 4.68 Å². The standard InChI is InChI=1S/C16H20N4O3/c1-3-20-10-14(9-18-20)11(2)19-16(23)17-8-12-4-6-13(7-5-12)15(21)22/h4-7,9-11H,3,8H2,1-2H3,(H,21,22)(H2,17,19,23). The maximum absolute atomic E-state index is 11.9. The summed E-state index contributed by atoms with van der Waals surface area (Å²) in [6.45, 7) is 4.99. The zero-order valence-electron chi connectivity index (χ0n) is 13.1. The number of carbonyl (C=O) groups excluding carboxylic acids is 1. The molecule has 2 rings (SSSR count). The molecular formula is C16H20N4O3. The van der Waals surface area contributed by atoms with Crippen LogP contribution in [0.3, 0.4) is 0 Å². The Bertz CT molecular complexity index is 679. The highest BCUT2D eigenvalue weighted by Gasteiger charge is 2.11. The van der Waals surface area contributed by atoms with Gasteiger partial charge < -0.3 is 15.7 Å². The Morgan fingerprint density at radius 2 is 2.00 bits per heavy atom. The van der Waals surface area contributed by atoms with Crippen LogP contribution >= 0.6 is 0 Å². The molecule has 2 aromatic rings. The maximum Gasteiger partial charge on any atom is 0.335 e. The molecule has 1 unspecified atom stereocenters. The van der Waals surface area contributed by atoms with Crippen molar-refractivity contribution in [1.82, 2.24) is 20.4 Å². The highest BCUT2D eigenvalue weighted by atomic mass is 16.4. The fraction of sp³-hybridized carbons (Fsp3) is 0.312. The van der Waals surface area contributed by atoms with E-state index in [1.165, 1.54) is 12.1 Å². The number of aromatic nitrogens is 2. The summed E-state index contributed by atoms with van der Waals surface area (Å²) in [5.74, 6) is -0.969. The molecule has 2 amide bonds. The number of aryl methyl sites for hydroxylation is 1. The van der Waals surface area contributed by atoms with Gasteiger partial charge in [0.2, 0.25) is 0 Å². The quantitative estimate of drug-likeness (QED) is 0.761. The molecule has 0 aliphatic rings. The van der Waals surface area contributed by atoms with Gasteiger partial charge in [0.1, 0.15) is 0 Å². The lowest BCUT2D eigenvalue weighted by Crippen LogP contribution is -2.36. The minimum atomic E-state index is -0.969. The Kier molecular flexibility index (Phi) is 5.35. The predicted molar refractivity (Wildman–Crippen MR) is 85.1 cm³/mol. The molecule has 0 fully saturated rings. The molecule has 0 saturated heterocycles. The van der Waals surface area contributed by atoms with E-state index in [0.29, 0.717) is 6.54 Å². The fourth-order valence-corrected chi connectivity index (χ4v) is 2.05.